The molecule has 6 heteroatoms. The van der Waals surface area contributed by atoms with Gasteiger partial charge in [-0.05, 0) is 49.2 Å². The zero-order valence-corrected chi connectivity index (χ0v) is 12.7. The van der Waals surface area contributed by atoms with Crippen LogP contribution in [0.1, 0.15) is 12.8 Å². The number of nitro groups is 1. The highest BCUT2D eigenvalue weighted by molar-refractivity contribution is 6.30. The lowest BCUT2D eigenvalue weighted by Gasteiger charge is -2.18. The summed E-state index contributed by atoms with van der Waals surface area (Å²) in [6.07, 6.45) is 2.33. The Bertz CT molecular complexity index is 682. The first-order chi connectivity index (χ1) is 10.6. The molecule has 1 aliphatic rings. The van der Waals surface area contributed by atoms with Crippen molar-refractivity contribution < 1.29 is 4.92 Å². The molecule has 114 valence electrons. The van der Waals surface area contributed by atoms with Crippen molar-refractivity contribution in [1.29, 1.82) is 0 Å². The highest BCUT2D eigenvalue weighted by Crippen LogP contribution is 2.33. The molecule has 1 heterocycles. The number of halogens is 1. The summed E-state index contributed by atoms with van der Waals surface area (Å²) in [5, 5.41) is 15.0. The number of hydrogen-bond acceptors (Lipinski definition) is 4. The van der Waals surface area contributed by atoms with Crippen LogP contribution >= 0.6 is 11.6 Å². The lowest BCUT2D eigenvalue weighted by Crippen LogP contribution is -2.17. The fourth-order valence-electron chi connectivity index (χ4n) is 2.64. The maximum atomic E-state index is 11.2. The first-order valence-electron chi connectivity index (χ1n) is 7.19. The van der Waals surface area contributed by atoms with Gasteiger partial charge in [0.05, 0.1) is 4.92 Å². The number of nitrogens with one attached hydrogen (secondary N) is 1. The number of nitrogens with zero attached hydrogens (tertiary/aromatic N) is 2. The van der Waals surface area contributed by atoms with Gasteiger partial charge >= 0.3 is 0 Å². The van der Waals surface area contributed by atoms with Gasteiger partial charge in [-0.25, -0.2) is 0 Å². The quantitative estimate of drug-likeness (QED) is 0.661. The number of rotatable bonds is 4. The van der Waals surface area contributed by atoms with Crippen LogP contribution in [-0.2, 0) is 0 Å². The van der Waals surface area contributed by atoms with Crippen molar-refractivity contribution in [2.75, 3.05) is 23.3 Å². The molecular weight excluding hydrogens is 302 g/mol. The van der Waals surface area contributed by atoms with E-state index < -0.39 is 0 Å². The fourth-order valence-corrected chi connectivity index (χ4v) is 2.77. The minimum Gasteiger partial charge on any atom is -0.371 e. The van der Waals surface area contributed by atoms with Crippen molar-refractivity contribution >= 4 is 34.4 Å². The van der Waals surface area contributed by atoms with Gasteiger partial charge in [-0.2, -0.15) is 0 Å². The van der Waals surface area contributed by atoms with Gasteiger partial charge in [0.2, 0.25) is 0 Å². The molecule has 2 aromatic rings. The third-order valence-electron chi connectivity index (χ3n) is 3.77. The topological polar surface area (TPSA) is 58.4 Å². The summed E-state index contributed by atoms with van der Waals surface area (Å²) in [7, 11) is 0. The summed E-state index contributed by atoms with van der Waals surface area (Å²) >= 11 is 5.87. The Morgan fingerprint density at radius 2 is 1.77 bits per heavy atom. The molecular formula is C16H16ClN3O2. The molecule has 1 fully saturated rings. The van der Waals surface area contributed by atoms with Crippen molar-refractivity contribution in [1.82, 2.24) is 0 Å². The largest absolute Gasteiger partial charge is 0.371 e. The monoisotopic (exact) mass is 317 g/mol. The van der Waals surface area contributed by atoms with E-state index in [9.17, 15) is 10.1 Å². The van der Waals surface area contributed by atoms with Gasteiger partial charge in [-0.1, -0.05) is 11.6 Å². The molecule has 0 bridgehead atoms. The predicted octanol–water partition coefficient (Wildman–Crippen LogP) is 4.59. The van der Waals surface area contributed by atoms with Gasteiger partial charge in [-0.3, -0.25) is 10.1 Å². The van der Waals surface area contributed by atoms with Crippen LogP contribution in [0.2, 0.25) is 5.02 Å². The van der Waals surface area contributed by atoms with Gasteiger partial charge in [0.25, 0.3) is 5.69 Å². The molecule has 0 saturated carbocycles. The van der Waals surface area contributed by atoms with Gasteiger partial charge in [0.1, 0.15) is 5.69 Å². The smallest absolute Gasteiger partial charge is 0.292 e. The molecule has 0 radical (unpaired) electrons. The van der Waals surface area contributed by atoms with E-state index in [-0.39, 0.29) is 10.6 Å². The number of benzene rings is 2. The minimum atomic E-state index is -0.369. The summed E-state index contributed by atoms with van der Waals surface area (Å²) in [4.78, 5) is 13.1. The highest BCUT2D eigenvalue weighted by atomic mass is 35.5. The Hall–Kier alpha value is -2.27. The highest BCUT2D eigenvalue weighted by Gasteiger charge is 2.18. The molecule has 0 aromatic heterocycles. The maximum Gasteiger partial charge on any atom is 0.292 e. The van der Waals surface area contributed by atoms with Crippen LogP contribution in [0.4, 0.5) is 22.7 Å². The normalized spacial score (nSPS) is 14.1. The molecule has 0 amide bonds. The van der Waals surface area contributed by atoms with Crippen molar-refractivity contribution in [2.24, 2.45) is 0 Å². The lowest BCUT2D eigenvalue weighted by molar-refractivity contribution is -0.383. The summed E-state index contributed by atoms with van der Waals surface area (Å²) in [5.41, 5.74) is 2.35. The van der Waals surface area contributed by atoms with Crippen LogP contribution < -0.4 is 10.2 Å². The van der Waals surface area contributed by atoms with Crippen LogP contribution in [0.25, 0.3) is 0 Å². The number of nitro benzene ring substituents is 1. The fraction of sp³-hybridized carbons (Fsp3) is 0.250. The van der Waals surface area contributed by atoms with Crippen LogP contribution in [0.5, 0.6) is 0 Å². The van der Waals surface area contributed by atoms with Crippen LogP contribution in [0.3, 0.4) is 0 Å². The van der Waals surface area contributed by atoms with Crippen LogP contribution in [0.15, 0.2) is 42.5 Å². The van der Waals surface area contributed by atoms with Gasteiger partial charge in [-0.15, -0.1) is 0 Å². The van der Waals surface area contributed by atoms with E-state index >= 15 is 0 Å². The van der Waals surface area contributed by atoms with E-state index in [1.807, 2.05) is 12.1 Å². The van der Waals surface area contributed by atoms with Gasteiger partial charge < -0.3 is 10.2 Å². The van der Waals surface area contributed by atoms with E-state index in [2.05, 4.69) is 10.2 Å². The van der Waals surface area contributed by atoms with Crippen molar-refractivity contribution in [3.8, 4) is 0 Å². The third kappa shape index (κ3) is 3.14. The zero-order valence-electron chi connectivity index (χ0n) is 12.0. The summed E-state index contributed by atoms with van der Waals surface area (Å²) < 4.78 is 0. The second-order valence-electron chi connectivity index (χ2n) is 5.28. The first kappa shape index (κ1) is 14.7. The Labute approximate surface area is 133 Å². The average Bonchev–Trinajstić information content (AvgIpc) is 3.03. The van der Waals surface area contributed by atoms with Crippen molar-refractivity contribution in [3.63, 3.8) is 0 Å². The lowest BCUT2D eigenvalue weighted by atomic mass is 10.2. The average molecular weight is 318 g/mol. The minimum absolute atomic E-state index is 0.0675. The summed E-state index contributed by atoms with van der Waals surface area (Å²) in [6, 6.07) is 12.3. The SMILES string of the molecule is O=[N+]([O-])c1ccc(N2CCCC2)cc1Nc1ccc(Cl)cc1. The van der Waals surface area contributed by atoms with Crippen molar-refractivity contribution in [2.45, 2.75) is 12.8 Å². The zero-order chi connectivity index (χ0) is 15.5. The molecule has 3 rings (SSSR count). The van der Waals surface area contributed by atoms with Crippen LogP contribution in [0, 0.1) is 10.1 Å². The summed E-state index contributed by atoms with van der Waals surface area (Å²) in [5.74, 6) is 0. The van der Waals surface area contributed by atoms with E-state index in [0.717, 1.165) is 37.3 Å². The second kappa shape index (κ2) is 6.23. The molecule has 0 spiro atoms. The second-order valence-corrected chi connectivity index (χ2v) is 5.72. The molecule has 22 heavy (non-hydrogen) atoms. The Kier molecular flexibility index (Phi) is 4.15. The Morgan fingerprint density at radius 3 is 2.41 bits per heavy atom. The van der Waals surface area contributed by atoms with E-state index in [1.54, 1.807) is 30.3 Å². The van der Waals surface area contributed by atoms with E-state index in [0.29, 0.717) is 10.7 Å². The Morgan fingerprint density at radius 1 is 1.09 bits per heavy atom. The third-order valence-corrected chi connectivity index (χ3v) is 4.02. The molecule has 5 nitrogen and oxygen atoms in total. The molecule has 1 N–H and O–H groups in total. The van der Waals surface area contributed by atoms with Crippen LogP contribution in [-0.4, -0.2) is 18.0 Å². The molecule has 0 aliphatic carbocycles. The number of anilines is 3. The van der Waals surface area contributed by atoms with Gasteiger partial charge in [0, 0.05) is 35.6 Å². The van der Waals surface area contributed by atoms with Gasteiger partial charge in [0.15, 0.2) is 0 Å². The molecule has 1 saturated heterocycles. The summed E-state index contributed by atoms with van der Waals surface area (Å²) in [6.45, 7) is 2.00. The standard InChI is InChI=1S/C16H16ClN3O2/c17-12-3-5-13(6-4-12)18-15-11-14(19-9-1-2-10-19)7-8-16(15)20(21)22/h3-8,11,18H,1-2,9-10H2. The van der Waals surface area contributed by atoms with Crippen molar-refractivity contribution in [3.05, 3.63) is 57.6 Å². The Balaban J connectivity index is 1.93. The predicted molar refractivity (Wildman–Crippen MR) is 89.3 cm³/mol. The molecule has 1 aliphatic heterocycles. The maximum absolute atomic E-state index is 11.2. The van der Waals surface area contributed by atoms with E-state index in [4.69, 9.17) is 11.6 Å². The molecule has 0 atom stereocenters. The first-order valence-corrected chi connectivity index (χ1v) is 7.57. The molecule has 2 aromatic carbocycles. The number of hydrogen-bond donors (Lipinski definition) is 1. The van der Waals surface area contributed by atoms with E-state index in [1.165, 1.54) is 0 Å². The molecule has 0 unspecified atom stereocenters.